The number of halogens is 1. The zero-order valence-electron chi connectivity index (χ0n) is 17.0. The van der Waals surface area contributed by atoms with E-state index in [9.17, 15) is 0 Å². The van der Waals surface area contributed by atoms with Crippen LogP contribution in [0.1, 0.15) is 31.3 Å². The third-order valence-corrected chi connectivity index (χ3v) is 7.18. The number of benzene rings is 1. The van der Waals surface area contributed by atoms with E-state index in [4.69, 9.17) is 33.0 Å². The van der Waals surface area contributed by atoms with Crippen molar-refractivity contribution in [3.05, 3.63) is 40.7 Å². The highest BCUT2D eigenvalue weighted by Crippen LogP contribution is 2.37. The van der Waals surface area contributed by atoms with Crippen LogP contribution in [0.2, 0.25) is 5.02 Å². The summed E-state index contributed by atoms with van der Waals surface area (Å²) in [7, 11) is 0. The first kappa shape index (κ1) is 20.7. The summed E-state index contributed by atoms with van der Waals surface area (Å²) in [4.78, 5) is 15.6. The molecule has 0 radical (unpaired) electrons. The van der Waals surface area contributed by atoms with Gasteiger partial charge in [-0.2, -0.15) is 0 Å². The Labute approximate surface area is 182 Å². The summed E-state index contributed by atoms with van der Waals surface area (Å²) in [6.45, 7) is 7.80. The fourth-order valence-corrected chi connectivity index (χ4v) is 5.13. The smallest absolute Gasteiger partial charge is 0.226 e. The summed E-state index contributed by atoms with van der Waals surface area (Å²) in [5.41, 5.74) is 16.2. The first-order valence-electron chi connectivity index (χ1n) is 10.2. The molecule has 1 aromatic heterocycles. The van der Waals surface area contributed by atoms with Crippen LogP contribution in [-0.4, -0.2) is 47.9 Å². The molecule has 0 bridgehead atoms. The van der Waals surface area contributed by atoms with Crippen LogP contribution in [0.3, 0.4) is 0 Å². The van der Waals surface area contributed by atoms with E-state index < -0.39 is 0 Å². The van der Waals surface area contributed by atoms with Crippen molar-refractivity contribution in [1.29, 1.82) is 0 Å². The molecule has 3 heterocycles. The van der Waals surface area contributed by atoms with Gasteiger partial charge in [-0.25, -0.2) is 9.97 Å². The number of thioether (sulfide) groups is 1. The summed E-state index contributed by atoms with van der Waals surface area (Å²) in [6, 6.07) is 7.64. The molecule has 8 heteroatoms. The van der Waals surface area contributed by atoms with Gasteiger partial charge in [-0.1, -0.05) is 25.4 Å². The SMILES string of the molecule is CC(C)C(N)C(N)c1nc(N2CCN(c3ccc(Cl)cc3)CC2)nc2c1SCC2. The topological polar surface area (TPSA) is 84.3 Å². The molecule has 2 aromatic rings. The molecule has 0 aliphatic carbocycles. The number of anilines is 2. The second kappa shape index (κ2) is 8.68. The molecule has 6 nitrogen and oxygen atoms in total. The summed E-state index contributed by atoms with van der Waals surface area (Å²) in [6.07, 6.45) is 0.969. The highest BCUT2D eigenvalue weighted by Gasteiger charge is 2.30. The zero-order valence-corrected chi connectivity index (χ0v) is 18.6. The van der Waals surface area contributed by atoms with E-state index in [0.717, 1.165) is 65.6 Å². The van der Waals surface area contributed by atoms with Crippen molar-refractivity contribution in [1.82, 2.24) is 9.97 Å². The van der Waals surface area contributed by atoms with Crippen LogP contribution in [0.15, 0.2) is 29.2 Å². The number of aromatic nitrogens is 2. The molecule has 2 unspecified atom stereocenters. The highest BCUT2D eigenvalue weighted by molar-refractivity contribution is 7.99. The Morgan fingerprint density at radius 2 is 1.66 bits per heavy atom. The van der Waals surface area contributed by atoms with Gasteiger partial charge in [-0.05, 0) is 30.2 Å². The van der Waals surface area contributed by atoms with Gasteiger partial charge in [0.15, 0.2) is 0 Å². The molecule has 0 amide bonds. The van der Waals surface area contributed by atoms with E-state index in [0.29, 0.717) is 5.92 Å². The van der Waals surface area contributed by atoms with Crippen LogP contribution < -0.4 is 21.3 Å². The Morgan fingerprint density at radius 3 is 2.31 bits per heavy atom. The van der Waals surface area contributed by atoms with Gasteiger partial charge in [0.1, 0.15) is 0 Å². The van der Waals surface area contributed by atoms with E-state index >= 15 is 0 Å². The van der Waals surface area contributed by atoms with Crippen LogP contribution in [0.25, 0.3) is 0 Å². The minimum atomic E-state index is -0.272. The normalized spacial score (nSPS) is 18.8. The molecule has 2 aliphatic heterocycles. The number of nitrogens with two attached hydrogens (primary N) is 2. The Balaban J connectivity index is 1.53. The van der Waals surface area contributed by atoms with Gasteiger partial charge in [0.25, 0.3) is 0 Å². The molecule has 0 spiro atoms. The van der Waals surface area contributed by atoms with E-state index in [1.54, 1.807) is 0 Å². The summed E-state index contributed by atoms with van der Waals surface area (Å²) in [5, 5.41) is 0.764. The van der Waals surface area contributed by atoms with Crippen LogP contribution in [0, 0.1) is 5.92 Å². The Kier molecular flexibility index (Phi) is 6.20. The number of piperazine rings is 1. The standard InChI is InChI=1S/C21H29ClN6S/c1-13(2)17(23)18(24)19-20-16(7-12-29-20)25-21(26-19)28-10-8-27(9-11-28)15-5-3-14(22)4-6-15/h3-6,13,17-18H,7-12,23-24H2,1-2H3. The average Bonchev–Trinajstić information content (AvgIpc) is 3.21. The van der Waals surface area contributed by atoms with E-state index in [1.165, 1.54) is 5.69 Å². The second-order valence-electron chi connectivity index (χ2n) is 8.08. The molecule has 0 saturated carbocycles. The van der Waals surface area contributed by atoms with Gasteiger partial charge < -0.3 is 21.3 Å². The largest absolute Gasteiger partial charge is 0.368 e. The molecular weight excluding hydrogens is 404 g/mol. The summed E-state index contributed by atoms with van der Waals surface area (Å²) in [5.74, 6) is 2.13. The van der Waals surface area contributed by atoms with Gasteiger partial charge in [0, 0.05) is 55.1 Å². The fraction of sp³-hybridized carbons (Fsp3) is 0.524. The number of hydrogen-bond donors (Lipinski definition) is 2. The molecule has 4 N–H and O–H groups in total. The molecule has 4 rings (SSSR count). The lowest BCUT2D eigenvalue weighted by molar-refractivity contribution is 0.412. The van der Waals surface area contributed by atoms with Gasteiger partial charge in [-0.3, -0.25) is 0 Å². The maximum absolute atomic E-state index is 6.56. The fourth-order valence-electron chi connectivity index (χ4n) is 3.86. The number of nitrogens with zero attached hydrogens (tertiary/aromatic N) is 4. The molecular formula is C21H29ClN6S. The minimum absolute atomic E-state index is 0.121. The lowest BCUT2D eigenvalue weighted by Crippen LogP contribution is -2.47. The molecule has 1 fully saturated rings. The monoisotopic (exact) mass is 432 g/mol. The van der Waals surface area contributed by atoms with Crippen molar-refractivity contribution in [2.75, 3.05) is 41.7 Å². The van der Waals surface area contributed by atoms with Crippen LogP contribution in [0.5, 0.6) is 0 Å². The summed E-state index contributed by atoms with van der Waals surface area (Å²) >= 11 is 7.83. The average molecular weight is 433 g/mol. The van der Waals surface area contributed by atoms with E-state index in [2.05, 4.69) is 35.8 Å². The van der Waals surface area contributed by atoms with Crippen LogP contribution in [0.4, 0.5) is 11.6 Å². The first-order valence-corrected chi connectivity index (χ1v) is 11.6. The zero-order chi connectivity index (χ0) is 20.5. The van der Waals surface area contributed by atoms with Crippen molar-refractivity contribution < 1.29 is 0 Å². The molecule has 156 valence electrons. The van der Waals surface area contributed by atoms with Crippen molar-refractivity contribution in [2.24, 2.45) is 17.4 Å². The third kappa shape index (κ3) is 4.33. The number of hydrogen-bond acceptors (Lipinski definition) is 7. The van der Waals surface area contributed by atoms with Crippen molar-refractivity contribution in [2.45, 2.75) is 37.2 Å². The molecule has 1 saturated heterocycles. The predicted octanol–water partition coefficient (Wildman–Crippen LogP) is 3.09. The third-order valence-electron chi connectivity index (χ3n) is 5.79. The lowest BCUT2D eigenvalue weighted by Gasteiger charge is -2.36. The molecule has 2 atom stereocenters. The predicted molar refractivity (Wildman–Crippen MR) is 122 cm³/mol. The van der Waals surface area contributed by atoms with Crippen molar-refractivity contribution in [3.8, 4) is 0 Å². The first-order chi connectivity index (χ1) is 13.9. The maximum atomic E-state index is 6.56. The highest BCUT2D eigenvalue weighted by atomic mass is 35.5. The number of aryl methyl sites for hydroxylation is 1. The van der Waals surface area contributed by atoms with Gasteiger partial charge in [0.05, 0.1) is 22.3 Å². The van der Waals surface area contributed by atoms with Crippen LogP contribution in [-0.2, 0) is 6.42 Å². The Hall–Kier alpha value is -1.54. The van der Waals surface area contributed by atoms with Gasteiger partial charge in [0.2, 0.25) is 5.95 Å². The number of rotatable bonds is 5. The molecule has 1 aromatic carbocycles. The van der Waals surface area contributed by atoms with Gasteiger partial charge in [-0.15, -0.1) is 11.8 Å². The summed E-state index contributed by atoms with van der Waals surface area (Å²) < 4.78 is 0. The molecule has 2 aliphatic rings. The quantitative estimate of drug-likeness (QED) is 0.750. The van der Waals surface area contributed by atoms with E-state index in [-0.39, 0.29) is 12.1 Å². The lowest BCUT2D eigenvalue weighted by atomic mass is 9.95. The second-order valence-corrected chi connectivity index (χ2v) is 9.62. The Morgan fingerprint density at radius 1 is 1.00 bits per heavy atom. The van der Waals surface area contributed by atoms with Crippen molar-refractivity contribution >= 4 is 35.0 Å². The van der Waals surface area contributed by atoms with E-state index in [1.807, 2.05) is 23.9 Å². The molecule has 29 heavy (non-hydrogen) atoms. The van der Waals surface area contributed by atoms with Crippen LogP contribution >= 0.6 is 23.4 Å². The number of fused-ring (bicyclic) bond motifs is 1. The minimum Gasteiger partial charge on any atom is -0.368 e. The van der Waals surface area contributed by atoms with Gasteiger partial charge >= 0.3 is 0 Å². The Bertz CT molecular complexity index is 851. The maximum Gasteiger partial charge on any atom is 0.226 e. The van der Waals surface area contributed by atoms with Crippen molar-refractivity contribution in [3.63, 3.8) is 0 Å².